The van der Waals surface area contributed by atoms with Crippen molar-refractivity contribution in [1.29, 1.82) is 0 Å². The van der Waals surface area contributed by atoms with Gasteiger partial charge in [-0.25, -0.2) is 4.52 Å². The molecule has 5 heterocycles. The average Bonchev–Trinajstić information content (AvgIpc) is 3.57. The van der Waals surface area contributed by atoms with Gasteiger partial charge in [0.2, 0.25) is 5.88 Å². The summed E-state index contributed by atoms with van der Waals surface area (Å²) in [5.74, 6) is 0.856. The number of rotatable bonds is 2. The molecule has 2 aliphatic heterocycles. The van der Waals surface area contributed by atoms with Gasteiger partial charge in [0.25, 0.3) is 11.8 Å². The van der Waals surface area contributed by atoms with Crippen molar-refractivity contribution in [2.45, 2.75) is 18.6 Å². The Kier molecular flexibility index (Phi) is 4.68. The first kappa shape index (κ1) is 19.7. The number of hydrogen-bond acceptors (Lipinski definition) is 9. The van der Waals surface area contributed by atoms with Crippen molar-refractivity contribution in [3.05, 3.63) is 43.0 Å². The van der Waals surface area contributed by atoms with Gasteiger partial charge in [-0.05, 0) is 23.8 Å². The normalized spacial score (nSPS) is 20.4. The molecule has 1 amide bonds. The summed E-state index contributed by atoms with van der Waals surface area (Å²) in [5, 5.41) is 11.6. The summed E-state index contributed by atoms with van der Waals surface area (Å²) in [7, 11) is 1.56. The number of methoxy groups -OCH3 is 1. The first-order chi connectivity index (χ1) is 16.2. The van der Waals surface area contributed by atoms with Crippen molar-refractivity contribution in [1.82, 2.24) is 29.6 Å². The Labute approximate surface area is 188 Å². The van der Waals surface area contributed by atoms with Crippen LogP contribution in [0.15, 0.2) is 47.5 Å². The number of carbonyl (C=O) groups is 1. The van der Waals surface area contributed by atoms with Crippen LogP contribution in [-0.4, -0.2) is 74.5 Å². The average molecular weight is 447 g/mol. The third kappa shape index (κ3) is 3.46. The van der Waals surface area contributed by atoms with Crippen molar-refractivity contribution >= 4 is 17.2 Å². The topological polar surface area (TPSA) is 120 Å². The maximum absolute atomic E-state index is 12.8. The number of fused-ring (bicyclic) bond motifs is 5. The number of amides is 1. The molecule has 6 rings (SSSR count). The first-order valence-electron chi connectivity index (χ1n) is 10.7. The van der Waals surface area contributed by atoms with E-state index in [2.05, 4.69) is 20.6 Å². The maximum atomic E-state index is 12.8. The fourth-order valence-corrected chi connectivity index (χ4v) is 4.44. The molecule has 1 saturated heterocycles. The fraction of sp³-hybridized carbons (Fsp3) is 0.318. The van der Waals surface area contributed by atoms with Gasteiger partial charge in [0.05, 0.1) is 12.2 Å². The highest BCUT2D eigenvalue weighted by Crippen LogP contribution is 2.32. The predicted octanol–water partition coefficient (Wildman–Crippen LogP) is 1.87. The van der Waals surface area contributed by atoms with E-state index in [0.29, 0.717) is 43.5 Å². The van der Waals surface area contributed by atoms with Crippen LogP contribution in [0.3, 0.4) is 0 Å². The Morgan fingerprint density at radius 3 is 3.00 bits per heavy atom. The van der Waals surface area contributed by atoms with Gasteiger partial charge in [-0.3, -0.25) is 4.79 Å². The molecule has 0 radical (unpaired) electrons. The van der Waals surface area contributed by atoms with Crippen molar-refractivity contribution < 1.29 is 18.8 Å². The van der Waals surface area contributed by atoms with Crippen LogP contribution in [0.5, 0.6) is 5.88 Å². The van der Waals surface area contributed by atoms with Gasteiger partial charge in [-0.1, -0.05) is 5.16 Å². The molecule has 1 fully saturated rings. The highest BCUT2D eigenvalue weighted by atomic mass is 16.5. The van der Waals surface area contributed by atoms with Gasteiger partial charge in [0, 0.05) is 55.7 Å². The minimum absolute atomic E-state index is 0.0261. The molecule has 3 aromatic heterocycles. The second-order valence-corrected chi connectivity index (χ2v) is 8.02. The van der Waals surface area contributed by atoms with Crippen LogP contribution in [0.25, 0.3) is 28.2 Å². The molecule has 0 unspecified atom stereocenters. The zero-order valence-electron chi connectivity index (χ0n) is 17.8. The van der Waals surface area contributed by atoms with Crippen LogP contribution in [0.1, 0.15) is 6.42 Å². The van der Waals surface area contributed by atoms with Gasteiger partial charge in [0.1, 0.15) is 12.7 Å². The second-order valence-electron chi connectivity index (χ2n) is 8.02. The molecule has 2 atom stereocenters. The molecule has 11 nitrogen and oxygen atoms in total. The van der Waals surface area contributed by atoms with Crippen molar-refractivity contribution in [2.24, 2.45) is 0 Å². The number of aromatic nitrogens is 5. The summed E-state index contributed by atoms with van der Waals surface area (Å²) < 4.78 is 18.4. The zero-order valence-corrected chi connectivity index (χ0v) is 17.8. The van der Waals surface area contributed by atoms with Gasteiger partial charge >= 0.3 is 0 Å². The van der Waals surface area contributed by atoms with E-state index in [1.165, 1.54) is 6.33 Å². The minimum atomic E-state index is -0.460. The Morgan fingerprint density at radius 2 is 2.15 bits per heavy atom. The molecular weight excluding hydrogens is 426 g/mol. The van der Waals surface area contributed by atoms with Crippen LogP contribution < -0.4 is 10.1 Å². The Morgan fingerprint density at radius 1 is 1.24 bits per heavy atom. The van der Waals surface area contributed by atoms with Crippen LogP contribution in [0.4, 0.5) is 5.69 Å². The van der Waals surface area contributed by atoms with E-state index in [9.17, 15) is 4.79 Å². The highest BCUT2D eigenvalue weighted by molar-refractivity contribution is 5.84. The van der Waals surface area contributed by atoms with E-state index >= 15 is 0 Å². The lowest BCUT2D eigenvalue weighted by Crippen LogP contribution is -2.41. The lowest BCUT2D eigenvalue weighted by molar-refractivity contribution is -0.136. The van der Waals surface area contributed by atoms with Gasteiger partial charge in [-0.15, -0.1) is 0 Å². The van der Waals surface area contributed by atoms with Crippen molar-refractivity contribution in [3.63, 3.8) is 0 Å². The monoisotopic (exact) mass is 447 g/mol. The van der Waals surface area contributed by atoms with Crippen molar-refractivity contribution in [2.75, 3.05) is 32.1 Å². The molecule has 168 valence electrons. The van der Waals surface area contributed by atoms with E-state index < -0.39 is 6.10 Å². The van der Waals surface area contributed by atoms with Crippen LogP contribution in [0, 0.1) is 0 Å². The Hall–Kier alpha value is -3.99. The highest BCUT2D eigenvalue weighted by Gasteiger charge is 2.39. The molecule has 1 aromatic carbocycles. The summed E-state index contributed by atoms with van der Waals surface area (Å²) in [6, 6.07) is 7.58. The van der Waals surface area contributed by atoms with Gasteiger partial charge in [0.15, 0.2) is 12.0 Å². The maximum Gasteiger partial charge on any atom is 0.257 e. The second kappa shape index (κ2) is 7.85. The standard InChI is InChI=1S/C22H21N7O4/c1-31-18-9-16-11-32-19-2-4-29-20(27-19)17(10-25-29)13-6-14(21-24-12-26-33-21)8-15(7-13)23-3-5-28(16)22(18)30/h2,4,6-8,10,12,16,18,23H,3,5,9,11H2,1H3/t16-,18+/m0/s1. The minimum Gasteiger partial charge on any atom is -0.475 e. The van der Waals surface area contributed by atoms with E-state index in [1.54, 1.807) is 23.9 Å². The molecule has 4 aromatic rings. The van der Waals surface area contributed by atoms with Crippen LogP contribution in [0.2, 0.25) is 0 Å². The Bertz CT molecular complexity index is 1320. The number of ether oxygens (including phenoxy) is 2. The zero-order chi connectivity index (χ0) is 22.4. The number of anilines is 1. The lowest BCUT2D eigenvalue weighted by atomic mass is 10.0. The lowest BCUT2D eigenvalue weighted by Gasteiger charge is -2.25. The molecular formula is C22H21N7O4. The number of hydrogen-bond donors (Lipinski definition) is 1. The number of benzene rings is 1. The first-order valence-corrected chi connectivity index (χ1v) is 10.7. The third-order valence-electron chi connectivity index (χ3n) is 6.07. The largest absolute Gasteiger partial charge is 0.475 e. The molecule has 0 saturated carbocycles. The van der Waals surface area contributed by atoms with Gasteiger partial charge < -0.3 is 24.2 Å². The summed E-state index contributed by atoms with van der Waals surface area (Å²) in [5.41, 5.74) is 4.02. The summed E-state index contributed by atoms with van der Waals surface area (Å²) in [6.45, 7) is 1.40. The molecule has 0 spiro atoms. The Balaban J connectivity index is 1.46. The molecule has 4 bridgehead atoms. The van der Waals surface area contributed by atoms with E-state index in [0.717, 1.165) is 22.4 Å². The SMILES string of the molecule is CO[C@@H]1C[C@H]2COc3ccn4ncc(c4n3)-c3cc(cc(-c4ncno4)c3)NCCN2C1=O. The smallest absolute Gasteiger partial charge is 0.257 e. The molecule has 11 heteroatoms. The van der Waals surface area contributed by atoms with E-state index in [4.69, 9.17) is 19.0 Å². The number of carbonyl (C=O) groups excluding carboxylic acids is 1. The molecule has 33 heavy (non-hydrogen) atoms. The summed E-state index contributed by atoms with van der Waals surface area (Å²) in [6.07, 6.45) is 5.07. The quantitative estimate of drug-likeness (QED) is 0.491. The summed E-state index contributed by atoms with van der Waals surface area (Å²) >= 11 is 0. The summed E-state index contributed by atoms with van der Waals surface area (Å²) in [4.78, 5) is 23.5. The molecule has 1 N–H and O–H groups in total. The number of nitrogens with one attached hydrogen (secondary N) is 1. The molecule has 0 aliphatic carbocycles. The number of nitrogens with zero attached hydrogens (tertiary/aromatic N) is 6. The van der Waals surface area contributed by atoms with E-state index in [-0.39, 0.29) is 11.9 Å². The van der Waals surface area contributed by atoms with Crippen molar-refractivity contribution in [3.8, 4) is 28.5 Å². The molecule has 2 aliphatic rings. The fourth-order valence-electron chi connectivity index (χ4n) is 4.44. The van der Waals surface area contributed by atoms with Gasteiger partial charge in [-0.2, -0.15) is 15.1 Å². The third-order valence-corrected chi connectivity index (χ3v) is 6.07. The predicted molar refractivity (Wildman–Crippen MR) is 117 cm³/mol. The van der Waals surface area contributed by atoms with Crippen LogP contribution >= 0.6 is 0 Å². The van der Waals surface area contributed by atoms with Crippen LogP contribution in [-0.2, 0) is 9.53 Å². The van der Waals surface area contributed by atoms with E-state index in [1.807, 2.05) is 29.3 Å².